The van der Waals surface area contributed by atoms with Gasteiger partial charge in [-0.25, -0.2) is 0 Å². The summed E-state index contributed by atoms with van der Waals surface area (Å²) >= 11 is 0. The predicted molar refractivity (Wildman–Crippen MR) is 92.2 cm³/mol. The molecule has 3 fully saturated rings. The lowest BCUT2D eigenvalue weighted by atomic mass is 9.51. The van der Waals surface area contributed by atoms with Crippen LogP contribution in [0, 0.1) is 23.2 Å². The second-order valence-electron chi connectivity index (χ2n) is 8.63. The van der Waals surface area contributed by atoms with Gasteiger partial charge in [-0.05, 0) is 69.0 Å². The largest absolute Gasteiger partial charge is 0.469 e. The van der Waals surface area contributed by atoms with Gasteiger partial charge in [0.15, 0.2) is 0 Å². The number of hydrogen-bond donors (Lipinski definition) is 1. The summed E-state index contributed by atoms with van der Waals surface area (Å²) in [5.74, 6) is 1.22. The van der Waals surface area contributed by atoms with Crippen LogP contribution in [0.2, 0.25) is 0 Å². The first-order chi connectivity index (χ1) is 11.7. The molecule has 1 spiro atoms. The molecule has 6 atom stereocenters. The molecule has 4 heteroatoms. The number of fused-ring (bicyclic) bond motifs is 1. The van der Waals surface area contributed by atoms with E-state index in [2.05, 4.69) is 17.1 Å². The molecule has 0 radical (unpaired) electrons. The van der Waals surface area contributed by atoms with Gasteiger partial charge in [-0.2, -0.15) is 0 Å². The van der Waals surface area contributed by atoms with Gasteiger partial charge in [-0.15, -0.1) is 0 Å². The van der Waals surface area contributed by atoms with Crippen molar-refractivity contribution < 1.29 is 9.53 Å². The molecule has 1 unspecified atom stereocenters. The lowest BCUT2D eigenvalue weighted by molar-refractivity contribution is -0.159. The first-order valence-electron chi connectivity index (χ1n) is 10.0. The zero-order valence-electron chi connectivity index (χ0n) is 15.0. The molecule has 1 N–H and O–H groups in total. The Balaban J connectivity index is 1.68. The van der Waals surface area contributed by atoms with Crippen molar-refractivity contribution in [3.63, 3.8) is 0 Å². The molecule has 0 aromatic carbocycles. The minimum absolute atomic E-state index is 0.0361. The highest BCUT2D eigenvalue weighted by molar-refractivity contribution is 5.75. The number of hydrogen-bond acceptors (Lipinski definition) is 4. The SMILES string of the molecule is CC[C@H]1[C@@H]2CCN3CC[C@]4(C5=C(CCCC5)N[C@@H]4C2C(=O)OC)[C@@H]13. The number of nitrogens with zero attached hydrogens (tertiary/aromatic N) is 1. The third-order valence-corrected chi connectivity index (χ3v) is 8.12. The first kappa shape index (κ1) is 15.2. The second-order valence-corrected chi connectivity index (χ2v) is 8.63. The molecule has 5 rings (SSSR count). The number of carbonyl (C=O) groups excluding carboxylic acids is 1. The van der Waals surface area contributed by atoms with Crippen LogP contribution in [-0.4, -0.2) is 43.2 Å². The number of carbonyl (C=O) groups is 1. The Morgan fingerprint density at radius 3 is 2.96 bits per heavy atom. The van der Waals surface area contributed by atoms with Gasteiger partial charge < -0.3 is 10.1 Å². The van der Waals surface area contributed by atoms with E-state index < -0.39 is 0 Å². The number of nitrogens with one attached hydrogen (secondary N) is 1. The van der Waals surface area contributed by atoms with Crippen LogP contribution in [-0.2, 0) is 9.53 Å². The fourth-order valence-corrected chi connectivity index (χ4v) is 7.44. The second kappa shape index (κ2) is 5.23. The third-order valence-electron chi connectivity index (χ3n) is 8.12. The van der Waals surface area contributed by atoms with E-state index in [0.717, 1.165) is 6.42 Å². The lowest BCUT2D eigenvalue weighted by Crippen LogP contribution is -2.66. The van der Waals surface area contributed by atoms with Crippen LogP contribution in [0.4, 0.5) is 0 Å². The van der Waals surface area contributed by atoms with Crippen LogP contribution >= 0.6 is 0 Å². The Morgan fingerprint density at radius 2 is 2.17 bits per heavy atom. The Kier molecular flexibility index (Phi) is 3.32. The minimum atomic E-state index is 0.0361. The Labute approximate surface area is 145 Å². The Hall–Kier alpha value is -1.03. The van der Waals surface area contributed by atoms with Crippen molar-refractivity contribution in [2.24, 2.45) is 23.2 Å². The molecule has 0 aromatic heterocycles. The van der Waals surface area contributed by atoms with E-state index in [0.29, 0.717) is 17.9 Å². The Bertz CT molecular complexity index is 600. The molecule has 1 saturated carbocycles. The van der Waals surface area contributed by atoms with Gasteiger partial charge in [0.2, 0.25) is 0 Å². The lowest BCUT2D eigenvalue weighted by Gasteiger charge is -2.58. The highest BCUT2D eigenvalue weighted by Crippen LogP contribution is 2.64. The van der Waals surface area contributed by atoms with Crippen molar-refractivity contribution in [1.29, 1.82) is 0 Å². The van der Waals surface area contributed by atoms with Gasteiger partial charge in [-0.1, -0.05) is 13.3 Å². The van der Waals surface area contributed by atoms with Crippen molar-refractivity contribution >= 4 is 5.97 Å². The number of ether oxygens (including phenoxy) is 1. The maximum Gasteiger partial charge on any atom is 0.311 e. The zero-order chi connectivity index (χ0) is 16.5. The summed E-state index contributed by atoms with van der Waals surface area (Å²) in [7, 11) is 1.58. The third kappa shape index (κ3) is 1.66. The van der Waals surface area contributed by atoms with Gasteiger partial charge in [-0.3, -0.25) is 9.69 Å². The number of allylic oxidation sites excluding steroid dienone is 1. The molecule has 3 heterocycles. The van der Waals surface area contributed by atoms with Crippen molar-refractivity contribution in [2.75, 3.05) is 20.2 Å². The molecule has 5 aliphatic rings. The minimum Gasteiger partial charge on any atom is -0.469 e. The maximum absolute atomic E-state index is 12.9. The van der Waals surface area contributed by atoms with E-state index in [1.54, 1.807) is 12.7 Å². The maximum atomic E-state index is 12.9. The standard InChI is InChI=1S/C20H30N2O2/c1-3-12-13-8-10-22-11-9-20(18(12)22)14-6-4-5-7-15(14)21-17(20)16(13)19(23)24-2/h12-13,16-18,21H,3-11H2,1-2H3/t12-,13-,16?,17+,18+,20+/m0/s1. The molecular formula is C20H30N2O2. The molecule has 2 aliphatic carbocycles. The van der Waals surface area contributed by atoms with Gasteiger partial charge in [0, 0.05) is 17.2 Å². The zero-order valence-corrected chi connectivity index (χ0v) is 15.0. The predicted octanol–water partition coefficient (Wildman–Crippen LogP) is 2.70. The summed E-state index contributed by atoms with van der Waals surface area (Å²) in [4.78, 5) is 15.6. The van der Waals surface area contributed by atoms with Crippen LogP contribution in [0.3, 0.4) is 0 Å². The normalized spacial score (nSPS) is 46.3. The molecule has 2 saturated heterocycles. The first-order valence-corrected chi connectivity index (χ1v) is 10.0. The fraction of sp³-hybridized carbons (Fsp3) is 0.850. The van der Waals surface area contributed by atoms with Crippen LogP contribution in [0.15, 0.2) is 11.3 Å². The quantitative estimate of drug-likeness (QED) is 0.791. The molecule has 4 nitrogen and oxygen atoms in total. The number of methoxy groups -OCH3 is 1. The molecule has 24 heavy (non-hydrogen) atoms. The number of esters is 1. The smallest absolute Gasteiger partial charge is 0.311 e. The van der Waals surface area contributed by atoms with Gasteiger partial charge >= 0.3 is 5.97 Å². The van der Waals surface area contributed by atoms with Crippen molar-refractivity contribution in [1.82, 2.24) is 10.2 Å². The highest BCUT2D eigenvalue weighted by atomic mass is 16.5. The average Bonchev–Trinajstić information content (AvgIpc) is 3.17. The van der Waals surface area contributed by atoms with Crippen LogP contribution in [0.25, 0.3) is 0 Å². The summed E-state index contributed by atoms with van der Waals surface area (Å²) in [5, 5.41) is 3.90. The number of piperidine rings is 1. The van der Waals surface area contributed by atoms with E-state index in [1.807, 2.05) is 0 Å². The van der Waals surface area contributed by atoms with Gasteiger partial charge in [0.25, 0.3) is 0 Å². The van der Waals surface area contributed by atoms with Crippen molar-refractivity contribution in [2.45, 2.75) is 64.0 Å². The van der Waals surface area contributed by atoms with E-state index in [1.165, 1.54) is 57.3 Å². The topological polar surface area (TPSA) is 41.6 Å². The summed E-state index contributed by atoms with van der Waals surface area (Å²) in [5.41, 5.74) is 3.43. The molecule has 0 amide bonds. The fourth-order valence-electron chi connectivity index (χ4n) is 7.44. The van der Waals surface area contributed by atoms with E-state index >= 15 is 0 Å². The molecule has 3 aliphatic heterocycles. The molecule has 132 valence electrons. The van der Waals surface area contributed by atoms with Crippen LogP contribution in [0.1, 0.15) is 51.9 Å². The summed E-state index contributed by atoms with van der Waals surface area (Å²) < 4.78 is 5.33. The van der Waals surface area contributed by atoms with Crippen molar-refractivity contribution in [3.05, 3.63) is 11.3 Å². The monoisotopic (exact) mass is 330 g/mol. The van der Waals surface area contributed by atoms with E-state index in [4.69, 9.17) is 4.74 Å². The number of rotatable bonds is 2. The summed E-state index contributed by atoms with van der Waals surface area (Å²) in [6.45, 7) is 4.73. The van der Waals surface area contributed by atoms with Gasteiger partial charge in [0.05, 0.1) is 19.1 Å². The van der Waals surface area contributed by atoms with E-state index in [9.17, 15) is 4.79 Å². The summed E-state index contributed by atoms with van der Waals surface area (Å²) in [6.07, 6.45) is 8.65. The highest BCUT2D eigenvalue weighted by Gasteiger charge is 2.69. The van der Waals surface area contributed by atoms with Crippen LogP contribution in [0.5, 0.6) is 0 Å². The van der Waals surface area contributed by atoms with Gasteiger partial charge in [0.1, 0.15) is 0 Å². The Morgan fingerprint density at radius 1 is 1.33 bits per heavy atom. The molecule has 0 aromatic rings. The van der Waals surface area contributed by atoms with Crippen molar-refractivity contribution in [3.8, 4) is 0 Å². The van der Waals surface area contributed by atoms with Crippen LogP contribution < -0.4 is 5.32 Å². The van der Waals surface area contributed by atoms with E-state index in [-0.39, 0.29) is 23.3 Å². The molecular weight excluding hydrogens is 300 g/mol. The molecule has 2 bridgehead atoms. The average molecular weight is 330 g/mol. The summed E-state index contributed by atoms with van der Waals surface area (Å²) in [6, 6.07) is 0.946.